The van der Waals surface area contributed by atoms with Gasteiger partial charge in [0.2, 0.25) is 0 Å². The van der Waals surface area contributed by atoms with E-state index in [-0.39, 0.29) is 36.5 Å². The van der Waals surface area contributed by atoms with Gasteiger partial charge in [0.05, 0.1) is 11.4 Å². The zero-order valence-electron chi connectivity index (χ0n) is 17.6. The van der Waals surface area contributed by atoms with Crippen LogP contribution in [0.2, 0.25) is 5.02 Å². The number of sulfone groups is 1. The lowest BCUT2D eigenvalue weighted by atomic mass is 10.0. The number of amides is 2. The summed E-state index contributed by atoms with van der Waals surface area (Å²) < 4.78 is 53.6. The van der Waals surface area contributed by atoms with Crippen molar-refractivity contribution >= 4 is 33.4 Å². The summed E-state index contributed by atoms with van der Waals surface area (Å²) in [4.78, 5) is 40.5. The van der Waals surface area contributed by atoms with E-state index in [1.54, 1.807) is 0 Å². The number of rotatable bonds is 7. The number of nitrogens with zero attached hydrogens (tertiary/aromatic N) is 1. The van der Waals surface area contributed by atoms with Crippen LogP contribution in [0.3, 0.4) is 0 Å². The molecular formula is C21H20ClF2N3O6S. The summed E-state index contributed by atoms with van der Waals surface area (Å²) in [5.74, 6) is -0.755. The second kappa shape index (κ2) is 10.8. The van der Waals surface area contributed by atoms with Crippen molar-refractivity contribution in [3.63, 3.8) is 0 Å². The third-order valence-corrected chi connectivity index (χ3v) is 6.57. The van der Waals surface area contributed by atoms with E-state index in [0.717, 1.165) is 5.41 Å². The fourth-order valence-electron chi connectivity index (χ4n) is 3.18. The normalized spacial score (nSPS) is 13.7. The van der Waals surface area contributed by atoms with E-state index < -0.39 is 40.4 Å². The number of hydrogen-bond donors (Lipinski definition) is 2. The molecule has 0 saturated heterocycles. The summed E-state index contributed by atoms with van der Waals surface area (Å²) in [6.45, 7) is -1.08. The Kier molecular flexibility index (Phi) is 8.05. The molecule has 1 aliphatic heterocycles. The van der Waals surface area contributed by atoms with Gasteiger partial charge in [0.25, 0.3) is 17.9 Å². The van der Waals surface area contributed by atoms with E-state index in [1.165, 1.54) is 41.3 Å². The molecule has 0 aliphatic carbocycles. The van der Waals surface area contributed by atoms with Crippen LogP contribution in [0.15, 0.2) is 51.5 Å². The number of fused-ring (bicyclic) bond motifs is 1. The fraction of sp³-hybridized carbons (Fsp3) is 0.286. The van der Waals surface area contributed by atoms with Gasteiger partial charge in [-0.3, -0.25) is 9.59 Å². The average Bonchev–Trinajstić information content (AvgIpc) is 2.79. The highest BCUT2D eigenvalue weighted by Gasteiger charge is 2.25. The van der Waals surface area contributed by atoms with Crippen molar-refractivity contribution in [3.05, 3.63) is 74.0 Å². The second-order valence-corrected chi connectivity index (χ2v) is 9.51. The molecule has 2 amide bonds. The molecule has 0 bridgehead atoms. The maximum atomic E-state index is 12.5. The van der Waals surface area contributed by atoms with Crippen LogP contribution in [0.5, 0.6) is 0 Å². The molecule has 2 heterocycles. The molecule has 3 rings (SSSR count). The molecular weight excluding hydrogens is 496 g/mol. The van der Waals surface area contributed by atoms with Gasteiger partial charge in [0.1, 0.15) is 5.56 Å². The third kappa shape index (κ3) is 6.41. The fourth-order valence-corrected chi connectivity index (χ4v) is 4.33. The number of aromatic nitrogens is 1. The van der Waals surface area contributed by atoms with Crippen molar-refractivity contribution in [3.8, 4) is 0 Å². The number of H-pyrrole nitrogens is 1. The first kappa shape index (κ1) is 25.4. The Balaban J connectivity index is 1.64. The Hall–Kier alpha value is -3.25. The minimum Gasteiger partial charge on any atom is -0.443 e. The molecule has 0 radical (unpaired) electrons. The summed E-state index contributed by atoms with van der Waals surface area (Å²) >= 11 is 5.75. The van der Waals surface area contributed by atoms with Crippen LogP contribution in [0.4, 0.5) is 13.6 Å². The Morgan fingerprint density at radius 3 is 2.65 bits per heavy atom. The summed E-state index contributed by atoms with van der Waals surface area (Å²) in [7, 11) is -3.74. The Bertz CT molecular complexity index is 1260. The van der Waals surface area contributed by atoms with Crippen molar-refractivity contribution in [2.75, 3.05) is 19.7 Å². The largest absolute Gasteiger partial charge is 0.443 e. The number of carbonyl (C=O) groups is 2. The minimum atomic E-state index is -3.74. The number of carbonyl (C=O) groups excluding carboxylic acids is 2. The van der Waals surface area contributed by atoms with Gasteiger partial charge in [0, 0.05) is 35.6 Å². The molecule has 2 aromatic rings. The topological polar surface area (TPSA) is 126 Å². The predicted molar refractivity (Wildman–Crippen MR) is 119 cm³/mol. The van der Waals surface area contributed by atoms with Crippen molar-refractivity contribution in [2.45, 2.75) is 24.3 Å². The summed E-state index contributed by atoms with van der Waals surface area (Å²) in [6.07, 6.45) is -2.24. The average molecular weight is 516 g/mol. The van der Waals surface area contributed by atoms with Gasteiger partial charge in [0.15, 0.2) is 16.4 Å². The van der Waals surface area contributed by atoms with Gasteiger partial charge >= 0.3 is 6.09 Å². The summed E-state index contributed by atoms with van der Waals surface area (Å²) in [6, 6.07) is 6.88. The van der Waals surface area contributed by atoms with Crippen molar-refractivity contribution in [2.24, 2.45) is 0 Å². The lowest BCUT2D eigenvalue weighted by molar-refractivity contribution is 0.0299. The van der Waals surface area contributed by atoms with Crippen LogP contribution in [0, 0.1) is 0 Å². The molecule has 0 fully saturated rings. The smallest absolute Gasteiger partial charge is 0.410 e. The molecule has 0 saturated carbocycles. The molecule has 1 aromatic heterocycles. The van der Waals surface area contributed by atoms with Gasteiger partial charge < -0.3 is 19.9 Å². The molecule has 0 unspecified atom stereocenters. The summed E-state index contributed by atoms with van der Waals surface area (Å²) in [5.41, 5.74) is 0.0949. The number of ether oxygens (including phenoxy) is 1. The SMILES string of the molecule is O=C(NC/C=C/S(=O)(=O)c1ccc(Cl)cc1)c1cc2c([nH]c1=O)CCN(C(=O)OCC(F)F)C2. The lowest BCUT2D eigenvalue weighted by Crippen LogP contribution is -2.39. The van der Waals surface area contributed by atoms with Crippen molar-refractivity contribution < 1.29 is 31.5 Å². The maximum Gasteiger partial charge on any atom is 0.410 e. The van der Waals surface area contributed by atoms with E-state index in [0.29, 0.717) is 16.3 Å². The highest BCUT2D eigenvalue weighted by molar-refractivity contribution is 7.94. The van der Waals surface area contributed by atoms with Gasteiger partial charge in [-0.1, -0.05) is 17.7 Å². The van der Waals surface area contributed by atoms with Gasteiger partial charge in [-0.05, 0) is 35.9 Å². The van der Waals surface area contributed by atoms with Crippen LogP contribution in [-0.4, -0.2) is 56.4 Å². The minimum absolute atomic E-state index is 0.0299. The number of hydrogen-bond acceptors (Lipinski definition) is 6. The van der Waals surface area contributed by atoms with Crippen LogP contribution in [0.1, 0.15) is 21.6 Å². The Labute approximate surface area is 198 Å². The quantitative estimate of drug-likeness (QED) is 0.583. The van der Waals surface area contributed by atoms with Gasteiger partial charge in [-0.25, -0.2) is 22.0 Å². The number of alkyl halides is 2. The first-order valence-corrected chi connectivity index (χ1v) is 11.9. The van der Waals surface area contributed by atoms with Crippen molar-refractivity contribution in [1.29, 1.82) is 0 Å². The molecule has 34 heavy (non-hydrogen) atoms. The molecule has 1 aliphatic rings. The monoisotopic (exact) mass is 515 g/mol. The van der Waals surface area contributed by atoms with E-state index in [9.17, 15) is 31.6 Å². The van der Waals surface area contributed by atoms with Crippen molar-refractivity contribution in [1.82, 2.24) is 15.2 Å². The van der Waals surface area contributed by atoms with Crippen LogP contribution in [0.25, 0.3) is 0 Å². The highest BCUT2D eigenvalue weighted by atomic mass is 35.5. The maximum absolute atomic E-state index is 12.5. The number of pyridine rings is 1. The molecule has 2 N–H and O–H groups in total. The van der Waals surface area contributed by atoms with E-state index in [1.807, 2.05) is 0 Å². The van der Waals surface area contributed by atoms with Gasteiger partial charge in [-0.15, -0.1) is 0 Å². The van der Waals surface area contributed by atoms with Gasteiger partial charge in [-0.2, -0.15) is 0 Å². The predicted octanol–water partition coefficient (Wildman–Crippen LogP) is 2.51. The highest BCUT2D eigenvalue weighted by Crippen LogP contribution is 2.18. The second-order valence-electron chi connectivity index (χ2n) is 7.24. The van der Waals surface area contributed by atoms with E-state index >= 15 is 0 Å². The van der Waals surface area contributed by atoms with Crippen LogP contribution in [-0.2, 0) is 27.5 Å². The Morgan fingerprint density at radius 1 is 1.26 bits per heavy atom. The summed E-state index contributed by atoms with van der Waals surface area (Å²) in [5, 5.41) is 3.74. The molecule has 0 spiro atoms. The van der Waals surface area contributed by atoms with E-state index in [4.69, 9.17) is 11.6 Å². The van der Waals surface area contributed by atoms with E-state index in [2.05, 4.69) is 15.0 Å². The molecule has 1 aromatic carbocycles. The molecule has 182 valence electrons. The number of halogens is 3. The number of benzene rings is 1. The third-order valence-electron chi connectivity index (χ3n) is 4.84. The van der Waals surface area contributed by atoms with Crippen LogP contribution < -0.4 is 10.9 Å². The first-order valence-electron chi connectivity index (χ1n) is 9.97. The molecule has 0 atom stereocenters. The first-order chi connectivity index (χ1) is 16.1. The zero-order chi connectivity index (χ0) is 24.9. The van der Waals surface area contributed by atoms with Crippen LogP contribution >= 0.6 is 11.6 Å². The standard InChI is InChI=1S/C21H20ClF2N3O6S/c22-14-2-4-15(5-3-14)34(31,32)9-1-7-25-19(28)16-10-13-11-27(21(30)33-12-18(23)24)8-6-17(13)26-20(16)29/h1-5,9-10,18H,6-8,11-12H2,(H,25,28)(H,26,29)/b9-1+. The number of aromatic amines is 1. The zero-order valence-corrected chi connectivity index (χ0v) is 19.2. The number of nitrogens with one attached hydrogen (secondary N) is 2. The molecule has 13 heteroatoms. The Morgan fingerprint density at radius 2 is 1.97 bits per heavy atom. The lowest BCUT2D eigenvalue weighted by Gasteiger charge is -2.28. The molecule has 9 nitrogen and oxygen atoms in total.